The summed E-state index contributed by atoms with van der Waals surface area (Å²) in [6, 6.07) is 4.92. The number of fused-ring (bicyclic) bond motifs is 3. The minimum Gasteiger partial charge on any atom is -0.384 e. The van der Waals surface area contributed by atoms with Gasteiger partial charge in [0.05, 0.1) is 40.0 Å². The van der Waals surface area contributed by atoms with Crippen LogP contribution in [0, 0.1) is 0 Å². The lowest BCUT2D eigenvalue weighted by atomic mass is 9.98. The molecule has 0 unspecified atom stereocenters. The van der Waals surface area contributed by atoms with Crippen LogP contribution in [0.25, 0.3) is 21.0 Å². The van der Waals surface area contributed by atoms with Crippen LogP contribution in [0.3, 0.4) is 0 Å². The van der Waals surface area contributed by atoms with Crippen LogP contribution in [0.15, 0.2) is 29.1 Å². The highest BCUT2D eigenvalue weighted by atomic mass is 32.1. The number of benzene rings is 1. The molecule has 1 saturated heterocycles. The van der Waals surface area contributed by atoms with Crippen molar-refractivity contribution in [3.8, 4) is 0 Å². The first-order valence-corrected chi connectivity index (χ1v) is 12.0. The van der Waals surface area contributed by atoms with Crippen LogP contribution >= 0.6 is 11.5 Å². The molecule has 11 nitrogen and oxygen atoms in total. The van der Waals surface area contributed by atoms with Crippen LogP contribution in [0.1, 0.15) is 37.0 Å². The van der Waals surface area contributed by atoms with E-state index in [4.69, 9.17) is 10.5 Å². The number of pyridine rings is 1. The van der Waals surface area contributed by atoms with Crippen molar-refractivity contribution < 1.29 is 32.9 Å². The predicted octanol–water partition coefficient (Wildman–Crippen LogP) is 2.22. The molecule has 200 valence electrons. The average Bonchev–Trinajstić information content (AvgIpc) is 3.22. The second-order valence-electron chi connectivity index (χ2n) is 9.20. The van der Waals surface area contributed by atoms with Crippen molar-refractivity contribution in [1.29, 1.82) is 0 Å². The summed E-state index contributed by atoms with van der Waals surface area (Å²) in [5, 5.41) is 22.1. The first-order valence-electron chi connectivity index (χ1n) is 11.3. The van der Waals surface area contributed by atoms with Gasteiger partial charge in [-0.2, -0.15) is 17.5 Å². The van der Waals surface area contributed by atoms with Gasteiger partial charge < -0.3 is 25.7 Å². The Morgan fingerprint density at radius 2 is 1.95 bits per heavy atom. The number of nitrogens with one attached hydrogen (secondary N) is 1. The number of carbonyl (C=O) groups excluding carboxylic acids is 1. The lowest BCUT2D eigenvalue weighted by Gasteiger charge is -2.34. The number of ether oxygens (including phenoxy) is 1. The fourth-order valence-electron chi connectivity index (χ4n) is 4.30. The molecule has 2 atom stereocenters. The van der Waals surface area contributed by atoms with Crippen molar-refractivity contribution >= 4 is 50.1 Å². The number of hydrogen-bond acceptors (Lipinski definition) is 10. The van der Waals surface area contributed by atoms with Crippen molar-refractivity contribution in [2.75, 3.05) is 23.8 Å². The summed E-state index contributed by atoms with van der Waals surface area (Å²) < 4.78 is 50.5. The van der Waals surface area contributed by atoms with E-state index in [1.807, 2.05) is 0 Å². The number of amides is 1. The standard InChI is InChI=1S/C23H21F3N6O5S/c1-22(2,36)17-10(23(24,25)26)4-6-12(29-17)32-7-8-37-15(21(32)35)14(33)19-28-11-5-3-9-16(38-31-18(9)27)13(11)20(34)30-19/h3-6,14-15,33,36H,7-8H2,1-2H3,(H2,27,31)(H,28,30,34)/t14-,15-/m1/s1. The van der Waals surface area contributed by atoms with Crippen molar-refractivity contribution in [3.63, 3.8) is 0 Å². The van der Waals surface area contributed by atoms with E-state index in [-0.39, 0.29) is 41.5 Å². The van der Waals surface area contributed by atoms with Crippen LogP contribution in [0.5, 0.6) is 0 Å². The Bertz CT molecular complexity index is 1630. The van der Waals surface area contributed by atoms with Gasteiger partial charge in [-0.3, -0.25) is 14.5 Å². The lowest BCUT2D eigenvalue weighted by molar-refractivity contribution is -0.143. The minimum absolute atomic E-state index is 0.0713. The molecule has 0 saturated carbocycles. The number of aliphatic hydroxyl groups is 2. The molecule has 5 N–H and O–H groups in total. The Morgan fingerprint density at radius 1 is 1.21 bits per heavy atom. The predicted molar refractivity (Wildman–Crippen MR) is 131 cm³/mol. The Balaban J connectivity index is 1.49. The normalized spacial score (nSPS) is 17.9. The SMILES string of the molecule is CC(C)(O)c1nc(N2CCO[C@H]([C@@H](O)c3nc4ccc5c(N)nsc5c4c(=O)[nH]3)C2=O)ccc1C(F)(F)F. The summed E-state index contributed by atoms with van der Waals surface area (Å²) in [4.78, 5) is 37.9. The average molecular weight is 551 g/mol. The van der Waals surface area contributed by atoms with Crippen molar-refractivity contribution in [3.05, 3.63) is 51.7 Å². The summed E-state index contributed by atoms with van der Waals surface area (Å²) in [6.45, 7) is 2.14. The van der Waals surface area contributed by atoms with E-state index in [9.17, 15) is 33.0 Å². The number of rotatable bonds is 4. The number of nitrogens with zero attached hydrogens (tertiary/aromatic N) is 4. The maximum atomic E-state index is 13.5. The summed E-state index contributed by atoms with van der Waals surface area (Å²) in [5.41, 5.74) is 1.72. The molecule has 0 radical (unpaired) electrons. The van der Waals surface area contributed by atoms with E-state index in [1.165, 1.54) is 6.07 Å². The fraction of sp³-hybridized carbons (Fsp3) is 0.348. The molecular weight excluding hydrogens is 529 g/mol. The Morgan fingerprint density at radius 3 is 2.63 bits per heavy atom. The Labute approximate surface area is 215 Å². The molecule has 38 heavy (non-hydrogen) atoms. The number of aromatic amines is 1. The number of anilines is 2. The molecule has 1 fully saturated rings. The van der Waals surface area contributed by atoms with Crippen LogP contribution in [-0.4, -0.2) is 54.7 Å². The monoisotopic (exact) mass is 550 g/mol. The molecule has 1 amide bonds. The molecule has 0 spiro atoms. The molecule has 1 aliphatic heterocycles. The molecule has 3 aromatic heterocycles. The van der Waals surface area contributed by atoms with Gasteiger partial charge in [-0.1, -0.05) is 0 Å². The van der Waals surface area contributed by atoms with Gasteiger partial charge in [-0.15, -0.1) is 0 Å². The van der Waals surface area contributed by atoms with Crippen LogP contribution < -0.4 is 16.2 Å². The minimum atomic E-state index is -4.78. The second kappa shape index (κ2) is 8.97. The molecule has 4 aromatic rings. The highest BCUT2D eigenvalue weighted by Crippen LogP contribution is 2.37. The molecule has 1 aliphatic rings. The van der Waals surface area contributed by atoms with Gasteiger partial charge in [0.1, 0.15) is 29.2 Å². The molecule has 15 heteroatoms. The largest absolute Gasteiger partial charge is 0.418 e. The third kappa shape index (κ3) is 4.36. The molecule has 0 bridgehead atoms. The maximum Gasteiger partial charge on any atom is 0.418 e. The molecule has 4 heterocycles. The van der Waals surface area contributed by atoms with E-state index in [1.54, 1.807) is 6.07 Å². The van der Waals surface area contributed by atoms with Crippen molar-refractivity contribution in [2.45, 2.75) is 37.8 Å². The van der Waals surface area contributed by atoms with Crippen LogP contribution in [0.4, 0.5) is 24.8 Å². The van der Waals surface area contributed by atoms with Crippen LogP contribution in [-0.2, 0) is 21.3 Å². The summed E-state index contributed by atoms with van der Waals surface area (Å²) in [6.07, 6.45) is -8.03. The zero-order valence-corrected chi connectivity index (χ0v) is 20.7. The first-order chi connectivity index (χ1) is 17.8. The van der Waals surface area contributed by atoms with Gasteiger partial charge in [0.25, 0.3) is 11.5 Å². The highest BCUT2D eigenvalue weighted by molar-refractivity contribution is 7.14. The number of alkyl halides is 3. The topological polar surface area (TPSA) is 168 Å². The lowest BCUT2D eigenvalue weighted by Crippen LogP contribution is -2.51. The number of aromatic nitrogens is 4. The van der Waals surface area contributed by atoms with E-state index in [0.29, 0.717) is 10.1 Å². The second-order valence-corrected chi connectivity index (χ2v) is 9.98. The quantitative estimate of drug-likeness (QED) is 0.298. The third-order valence-corrected chi connectivity index (χ3v) is 6.98. The van der Waals surface area contributed by atoms with E-state index in [2.05, 4.69) is 19.3 Å². The number of carbonyl (C=O) groups is 1. The zero-order chi connectivity index (χ0) is 27.6. The van der Waals surface area contributed by atoms with Gasteiger partial charge in [0.15, 0.2) is 6.10 Å². The fourth-order valence-corrected chi connectivity index (χ4v) is 5.15. The smallest absolute Gasteiger partial charge is 0.384 e. The zero-order valence-electron chi connectivity index (χ0n) is 19.9. The molecule has 1 aromatic carbocycles. The molecular formula is C23H21F3N6O5S. The van der Waals surface area contributed by atoms with Gasteiger partial charge in [0.2, 0.25) is 0 Å². The number of halogens is 3. The van der Waals surface area contributed by atoms with Gasteiger partial charge in [-0.05, 0) is 49.6 Å². The van der Waals surface area contributed by atoms with Crippen molar-refractivity contribution in [1.82, 2.24) is 19.3 Å². The number of morpholine rings is 1. The third-order valence-electron chi connectivity index (χ3n) is 6.09. The van der Waals surface area contributed by atoms with E-state index in [0.717, 1.165) is 42.4 Å². The number of nitrogen functional groups attached to an aromatic ring is 1. The number of H-pyrrole nitrogens is 1. The van der Waals surface area contributed by atoms with E-state index >= 15 is 0 Å². The number of nitrogens with two attached hydrogens (primary N) is 1. The Hall–Kier alpha value is -3.66. The number of hydrogen-bond donors (Lipinski definition) is 4. The summed E-state index contributed by atoms with van der Waals surface area (Å²) in [7, 11) is 0. The van der Waals surface area contributed by atoms with Gasteiger partial charge in [0, 0.05) is 5.39 Å². The number of aliphatic hydroxyl groups excluding tert-OH is 1. The Kier molecular flexibility index (Phi) is 6.13. The molecule has 0 aliphatic carbocycles. The van der Waals surface area contributed by atoms with E-state index < -0.39 is 46.7 Å². The van der Waals surface area contributed by atoms with Crippen molar-refractivity contribution in [2.24, 2.45) is 0 Å². The first kappa shape index (κ1) is 26.0. The van der Waals surface area contributed by atoms with Gasteiger partial charge in [-0.25, -0.2) is 9.97 Å². The summed E-state index contributed by atoms with van der Waals surface area (Å²) >= 11 is 1.03. The maximum absolute atomic E-state index is 13.5. The molecule has 5 rings (SSSR count). The highest BCUT2D eigenvalue weighted by Gasteiger charge is 2.41. The summed E-state index contributed by atoms with van der Waals surface area (Å²) in [5.74, 6) is -0.949. The van der Waals surface area contributed by atoms with Crippen LogP contribution in [0.2, 0.25) is 0 Å². The van der Waals surface area contributed by atoms with Gasteiger partial charge >= 0.3 is 6.18 Å².